The Labute approximate surface area is 177 Å². The number of pyridine rings is 1. The summed E-state index contributed by atoms with van der Waals surface area (Å²) in [6.07, 6.45) is 2.60. The van der Waals surface area contributed by atoms with Crippen LogP contribution in [-0.4, -0.2) is 46.9 Å². The molecule has 5 nitrogen and oxygen atoms in total. The summed E-state index contributed by atoms with van der Waals surface area (Å²) in [4.78, 5) is 21.9. The molecule has 1 aliphatic rings. The van der Waals surface area contributed by atoms with Gasteiger partial charge in [0, 0.05) is 38.9 Å². The van der Waals surface area contributed by atoms with Crippen LogP contribution in [0.15, 0.2) is 72.9 Å². The molecule has 154 valence electrons. The fourth-order valence-electron chi connectivity index (χ4n) is 3.69. The molecule has 1 saturated heterocycles. The van der Waals surface area contributed by atoms with E-state index in [1.807, 2.05) is 35.2 Å². The molecule has 0 aliphatic carbocycles. The van der Waals surface area contributed by atoms with Gasteiger partial charge in [-0.15, -0.1) is 0 Å². The molecule has 1 aromatic heterocycles. The molecule has 3 aromatic rings. The second-order valence-electron chi connectivity index (χ2n) is 7.68. The van der Waals surface area contributed by atoms with E-state index in [0.717, 1.165) is 32.6 Å². The molecule has 0 bridgehead atoms. The minimum absolute atomic E-state index is 0.0220. The molecule has 0 N–H and O–H groups in total. The van der Waals surface area contributed by atoms with Crippen LogP contribution in [0.3, 0.4) is 0 Å². The maximum atomic E-state index is 13.3. The van der Waals surface area contributed by atoms with Gasteiger partial charge in [-0.3, -0.25) is 9.69 Å². The van der Waals surface area contributed by atoms with Crippen LogP contribution in [0.1, 0.15) is 27.9 Å². The predicted molar refractivity (Wildman–Crippen MR) is 118 cm³/mol. The first-order valence-electron chi connectivity index (χ1n) is 10.4. The highest BCUT2D eigenvalue weighted by Gasteiger charge is 2.23. The van der Waals surface area contributed by atoms with E-state index in [9.17, 15) is 4.79 Å². The van der Waals surface area contributed by atoms with E-state index in [0.29, 0.717) is 23.7 Å². The largest absolute Gasteiger partial charge is 0.438 e. The standard InChI is InChI=1S/C25H27N3O2/c1-20-10-12-21(13-11-20)19-27-15-6-16-28(18-17-27)25(29)23-9-5-14-26-24(23)30-22-7-3-2-4-8-22/h2-5,7-14H,6,15-19H2,1H3. The SMILES string of the molecule is Cc1ccc(CN2CCCN(C(=O)c3cccnc3Oc3ccccc3)CC2)cc1. The van der Waals surface area contributed by atoms with Crippen LogP contribution in [0.5, 0.6) is 11.6 Å². The maximum Gasteiger partial charge on any atom is 0.259 e. The van der Waals surface area contributed by atoms with E-state index in [4.69, 9.17) is 4.74 Å². The maximum absolute atomic E-state index is 13.3. The molecule has 4 rings (SSSR count). The number of benzene rings is 2. The number of amides is 1. The minimum Gasteiger partial charge on any atom is -0.438 e. The number of rotatable bonds is 5. The predicted octanol–water partition coefficient (Wildman–Crippen LogP) is 4.53. The molecule has 2 aromatic carbocycles. The Morgan fingerprint density at radius 2 is 1.73 bits per heavy atom. The van der Waals surface area contributed by atoms with Crippen LogP contribution in [0, 0.1) is 6.92 Å². The second kappa shape index (κ2) is 9.55. The molecule has 0 atom stereocenters. The van der Waals surface area contributed by atoms with Gasteiger partial charge in [0.1, 0.15) is 11.3 Å². The van der Waals surface area contributed by atoms with E-state index in [2.05, 4.69) is 41.1 Å². The summed E-state index contributed by atoms with van der Waals surface area (Å²) >= 11 is 0. The number of para-hydroxylation sites is 1. The molecule has 0 saturated carbocycles. The topological polar surface area (TPSA) is 45.7 Å². The third kappa shape index (κ3) is 5.05. The highest BCUT2D eigenvalue weighted by atomic mass is 16.5. The van der Waals surface area contributed by atoms with Crippen molar-refractivity contribution < 1.29 is 9.53 Å². The molecular formula is C25H27N3O2. The number of aromatic nitrogens is 1. The number of hydrogen-bond acceptors (Lipinski definition) is 4. The Bertz CT molecular complexity index is 973. The van der Waals surface area contributed by atoms with Crippen LogP contribution in [0.25, 0.3) is 0 Å². The molecule has 30 heavy (non-hydrogen) atoms. The zero-order chi connectivity index (χ0) is 20.8. The highest BCUT2D eigenvalue weighted by molar-refractivity contribution is 5.96. The first-order valence-corrected chi connectivity index (χ1v) is 10.4. The van der Waals surface area contributed by atoms with Crippen molar-refractivity contribution in [2.75, 3.05) is 26.2 Å². The van der Waals surface area contributed by atoms with Crippen molar-refractivity contribution in [2.45, 2.75) is 19.9 Å². The van der Waals surface area contributed by atoms with Crippen molar-refractivity contribution >= 4 is 5.91 Å². The van der Waals surface area contributed by atoms with E-state index < -0.39 is 0 Å². The second-order valence-corrected chi connectivity index (χ2v) is 7.68. The fourth-order valence-corrected chi connectivity index (χ4v) is 3.69. The number of carbonyl (C=O) groups excluding carboxylic acids is 1. The number of aryl methyl sites for hydroxylation is 1. The first kappa shape index (κ1) is 20.1. The lowest BCUT2D eigenvalue weighted by molar-refractivity contribution is 0.0757. The van der Waals surface area contributed by atoms with Gasteiger partial charge in [0.15, 0.2) is 0 Å². The third-order valence-electron chi connectivity index (χ3n) is 5.36. The lowest BCUT2D eigenvalue weighted by atomic mass is 10.1. The normalized spacial score (nSPS) is 14.9. The highest BCUT2D eigenvalue weighted by Crippen LogP contribution is 2.24. The van der Waals surface area contributed by atoms with Crippen molar-refractivity contribution in [1.82, 2.24) is 14.8 Å². The van der Waals surface area contributed by atoms with Gasteiger partial charge in [-0.2, -0.15) is 0 Å². The summed E-state index contributed by atoms with van der Waals surface area (Å²) in [5.41, 5.74) is 3.09. The zero-order valence-electron chi connectivity index (χ0n) is 17.3. The van der Waals surface area contributed by atoms with Crippen LogP contribution in [0.4, 0.5) is 0 Å². The number of carbonyl (C=O) groups is 1. The summed E-state index contributed by atoms with van der Waals surface area (Å²) < 4.78 is 5.89. The number of ether oxygens (including phenoxy) is 1. The molecule has 2 heterocycles. The zero-order valence-corrected chi connectivity index (χ0v) is 17.3. The quantitative estimate of drug-likeness (QED) is 0.630. The van der Waals surface area contributed by atoms with E-state index >= 15 is 0 Å². The Hall–Kier alpha value is -3.18. The van der Waals surface area contributed by atoms with Crippen molar-refractivity contribution in [3.63, 3.8) is 0 Å². The summed E-state index contributed by atoms with van der Waals surface area (Å²) in [6, 6.07) is 21.7. The van der Waals surface area contributed by atoms with Crippen molar-refractivity contribution in [3.8, 4) is 11.6 Å². The summed E-state index contributed by atoms with van der Waals surface area (Å²) in [5.74, 6) is 1.01. The van der Waals surface area contributed by atoms with Crippen LogP contribution >= 0.6 is 0 Å². The lowest BCUT2D eigenvalue weighted by Crippen LogP contribution is -2.35. The monoisotopic (exact) mass is 401 g/mol. The molecule has 0 radical (unpaired) electrons. The lowest BCUT2D eigenvalue weighted by Gasteiger charge is -2.22. The van der Waals surface area contributed by atoms with E-state index in [1.54, 1.807) is 18.3 Å². The third-order valence-corrected chi connectivity index (χ3v) is 5.36. The average molecular weight is 402 g/mol. The Kier molecular flexibility index (Phi) is 6.40. The number of hydrogen-bond donors (Lipinski definition) is 0. The van der Waals surface area contributed by atoms with Crippen LogP contribution < -0.4 is 4.74 Å². The fraction of sp³-hybridized carbons (Fsp3) is 0.280. The van der Waals surface area contributed by atoms with E-state index in [-0.39, 0.29) is 5.91 Å². The van der Waals surface area contributed by atoms with Gasteiger partial charge in [-0.05, 0) is 43.2 Å². The van der Waals surface area contributed by atoms with Gasteiger partial charge in [-0.1, -0.05) is 48.0 Å². The minimum atomic E-state index is -0.0220. The molecule has 0 unspecified atom stereocenters. The van der Waals surface area contributed by atoms with Gasteiger partial charge in [0.2, 0.25) is 5.88 Å². The van der Waals surface area contributed by atoms with Gasteiger partial charge in [-0.25, -0.2) is 4.98 Å². The van der Waals surface area contributed by atoms with Gasteiger partial charge >= 0.3 is 0 Å². The molecule has 1 fully saturated rings. The molecular weight excluding hydrogens is 374 g/mol. The first-order chi connectivity index (χ1) is 14.7. The molecule has 1 amide bonds. The van der Waals surface area contributed by atoms with E-state index in [1.165, 1.54) is 11.1 Å². The molecule has 5 heteroatoms. The number of nitrogens with zero attached hydrogens (tertiary/aromatic N) is 3. The summed E-state index contributed by atoms with van der Waals surface area (Å²) in [5, 5.41) is 0. The molecule has 0 spiro atoms. The van der Waals surface area contributed by atoms with Crippen molar-refractivity contribution in [3.05, 3.63) is 89.6 Å². The Morgan fingerprint density at radius 3 is 2.53 bits per heavy atom. The van der Waals surface area contributed by atoms with Crippen molar-refractivity contribution in [2.24, 2.45) is 0 Å². The van der Waals surface area contributed by atoms with Crippen LogP contribution in [-0.2, 0) is 6.54 Å². The molecule has 1 aliphatic heterocycles. The van der Waals surface area contributed by atoms with Crippen molar-refractivity contribution in [1.29, 1.82) is 0 Å². The smallest absolute Gasteiger partial charge is 0.259 e. The van der Waals surface area contributed by atoms with Gasteiger partial charge < -0.3 is 9.64 Å². The summed E-state index contributed by atoms with van der Waals surface area (Å²) in [7, 11) is 0. The average Bonchev–Trinajstić information content (AvgIpc) is 3.02. The van der Waals surface area contributed by atoms with Gasteiger partial charge in [0.25, 0.3) is 5.91 Å². The Balaban J connectivity index is 1.42. The van der Waals surface area contributed by atoms with Gasteiger partial charge in [0.05, 0.1) is 0 Å². The summed E-state index contributed by atoms with van der Waals surface area (Å²) in [6.45, 7) is 6.30. The van der Waals surface area contributed by atoms with Crippen LogP contribution in [0.2, 0.25) is 0 Å². The Morgan fingerprint density at radius 1 is 0.933 bits per heavy atom.